The second kappa shape index (κ2) is 6.62. The zero-order chi connectivity index (χ0) is 15.5. The van der Waals surface area contributed by atoms with Crippen LogP contribution in [0.25, 0.3) is 0 Å². The van der Waals surface area contributed by atoms with Crippen molar-refractivity contribution in [2.24, 2.45) is 11.3 Å². The lowest BCUT2D eigenvalue weighted by Crippen LogP contribution is -2.55. The first-order valence-electron chi connectivity index (χ1n) is 7.48. The highest BCUT2D eigenvalue weighted by Gasteiger charge is 2.47. The molecule has 3 N–H and O–H groups in total. The first kappa shape index (κ1) is 16.0. The molecule has 0 aromatic rings. The number of piperidine rings is 1. The van der Waals surface area contributed by atoms with E-state index in [9.17, 15) is 14.7 Å². The van der Waals surface area contributed by atoms with E-state index in [4.69, 9.17) is 4.74 Å². The van der Waals surface area contributed by atoms with Crippen LogP contribution < -0.4 is 10.6 Å². The third kappa shape index (κ3) is 3.47. The second-order valence-corrected chi connectivity index (χ2v) is 6.25. The molecular weight excluding hydrogens is 274 g/mol. The molecule has 0 radical (unpaired) electrons. The van der Waals surface area contributed by atoms with Gasteiger partial charge in [0.2, 0.25) is 0 Å². The summed E-state index contributed by atoms with van der Waals surface area (Å²) < 4.78 is 5.26. The lowest BCUT2D eigenvalue weighted by molar-refractivity contribution is -0.148. The van der Waals surface area contributed by atoms with Gasteiger partial charge in [-0.2, -0.15) is 0 Å². The number of likely N-dealkylation sites (tertiary alicyclic amines) is 1. The summed E-state index contributed by atoms with van der Waals surface area (Å²) in [6.07, 6.45) is 2.10. The summed E-state index contributed by atoms with van der Waals surface area (Å²) >= 11 is 0. The van der Waals surface area contributed by atoms with Crippen LogP contribution in [0.2, 0.25) is 0 Å². The van der Waals surface area contributed by atoms with Crippen molar-refractivity contribution in [3.8, 4) is 0 Å². The van der Waals surface area contributed by atoms with Crippen molar-refractivity contribution in [1.82, 2.24) is 15.5 Å². The van der Waals surface area contributed by atoms with Gasteiger partial charge in [0.15, 0.2) is 0 Å². The monoisotopic (exact) mass is 299 g/mol. The van der Waals surface area contributed by atoms with E-state index in [1.165, 1.54) is 0 Å². The molecule has 2 saturated heterocycles. The van der Waals surface area contributed by atoms with E-state index in [0.29, 0.717) is 12.5 Å². The Morgan fingerprint density at radius 3 is 2.90 bits per heavy atom. The molecule has 3 atom stereocenters. The van der Waals surface area contributed by atoms with Crippen molar-refractivity contribution in [1.29, 1.82) is 0 Å². The van der Waals surface area contributed by atoms with Crippen molar-refractivity contribution in [2.75, 3.05) is 39.9 Å². The Hall–Kier alpha value is -1.34. The molecule has 2 aliphatic rings. The highest BCUT2D eigenvalue weighted by Crippen LogP contribution is 2.29. The fourth-order valence-electron chi connectivity index (χ4n) is 3.03. The quantitative estimate of drug-likeness (QED) is 0.686. The highest BCUT2D eigenvalue weighted by atomic mass is 16.5. The number of amides is 2. The number of urea groups is 1. The van der Waals surface area contributed by atoms with Crippen LogP contribution in [-0.2, 0) is 9.53 Å². The van der Waals surface area contributed by atoms with Gasteiger partial charge in [0.1, 0.15) is 5.41 Å². The zero-order valence-electron chi connectivity index (χ0n) is 12.7. The Balaban J connectivity index is 1.93. The molecule has 2 fully saturated rings. The van der Waals surface area contributed by atoms with Crippen LogP contribution in [0.1, 0.15) is 19.8 Å². The number of carbonyl (C=O) groups excluding carboxylic acids is 1. The molecule has 0 saturated carbocycles. The second-order valence-electron chi connectivity index (χ2n) is 6.25. The van der Waals surface area contributed by atoms with E-state index in [1.807, 2.05) is 7.05 Å². The average molecular weight is 299 g/mol. The van der Waals surface area contributed by atoms with E-state index >= 15 is 0 Å². The van der Waals surface area contributed by atoms with Gasteiger partial charge in [0.25, 0.3) is 0 Å². The lowest BCUT2D eigenvalue weighted by atomic mass is 9.85. The topological polar surface area (TPSA) is 90.9 Å². The lowest BCUT2D eigenvalue weighted by Gasteiger charge is -2.35. The van der Waals surface area contributed by atoms with Gasteiger partial charge in [-0.05, 0) is 39.3 Å². The van der Waals surface area contributed by atoms with E-state index in [2.05, 4.69) is 10.6 Å². The van der Waals surface area contributed by atoms with Crippen LogP contribution in [0.5, 0.6) is 0 Å². The predicted octanol–water partition coefficient (Wildman–Crippen LogP) is 0.117. The zero-order valence-corrected chi connectivity index (χ0v) is 12.7. The summed E-state index contributed by atoms with van der Waals surface area (Å²) in [5, 5.41) is 15.3. The Bertz CT molecular complexity index is 402. The number of carbonyl (C=O) groups is 2. The number of hydrogen-bond acceptors (Lipinski definition) is 4. The van der Waals surface area contributed by atoms with Crippen LogP contribution in [0.15, 0.2) is 0 Å². The third-order valence-corrected chi connectivity index (χ3v) is 4.54. The van der Waals surface area contributed by atoms with Crippen molar-refractivity contribution in [3.05, 3.63) is 0 Å². The minimum atomic E-state index is -1.05. The SMILES string of the molecule is CNCC1CCCN(C(=O)NC2COCC2(C)C(=O)O)C1. The first-order valence-corrected chi connectivity index (χ1v) is 7.48. The van der Waals surface area contributed by atoms with Crippen molar-refractivity contribution in [2.45, 2.75) is 25.8 Å². The summed E-state index contributed by atoms with van der Waals surface area (Å²) in [7, 11) is 1.91. The Morgan fingerprint density at radius 1 is 1.48 bits per heavy atom. The van der Waals surface area contributed by atoms with Gasteiger partial charge in [0.05, 0.1) is 19.3 Å². The number of carboxylic acid groups (broad SMARTS) is 1. The number of aliphatic carboxylic acids is 1. The molecule has 0 bridgehead atoms. The summed E-state index contributed by atoms with van der Waals surface area (Å²) in [4.78, 5) is 25.5. The number of nitrogens with one attached hydrogen (secondary N) is 2. The van der Waals surface area contributed by atoms with Crippen molar-refractivity contribution in [3.63, 3.8) is 0 Å². The van der Waals surface area contributed by atoms with Crippen LogP contribution in [0, 0.1) is 11.3 Å². The molecule has 7 heteroatoms. The van der Waals surface area contributed by atoms with E-state index < -0.39 is 17.4 Å². The van der Waals surface area contributed by atoms with Crippen LogP contribution >= 0.6 is 0 Å². The Morgan fingerprint density at radius 2 is 2.24 bits per heavy atom. The predicted molar refractivity (Wildman–Crippen MR) is 77.1 cm³/mol. The van der Waals surface area contributed by atoms with Gasteiger partial charge in [0, 0.05) is 13.1 Å². The van der Waals surface area contributed by atoms with Gasteiger partial charge in [-0.1, -0.05) is 0 Å². The normalized spacial score (nSPS) is 33.0. The van der Waals surface area contributed by atoms with Gasteiger partial charge >= 0.3 is 12.0 Å². The Kier molecular flexibility index (Phi) is 5.05. The van der Waals surface area contributed by atoms with Gasteiger partial charge in [-0.15, -0.1) is 0 Å². The standard InChI is InChI=1S/C14H25N3O4/c1-14(12(18)19)9-21-8-11(14)16-13(20)17-5-3-4-10(7-17)6-15-2/h10-11,15H,3-9H2,1-2H3,(H,16,20)(H,18,19). The number of hydrogen-bond donors (Lipinski definition) is 3. The molecule has 21 heavy (non-hydrogen) atoms. The molecule has 0 aliphatic carbocycles. The van der Waals surface area contributed by atoms with Crippen LogP contribution in [0.4, 0.5) is 4.79 Å². The molecule has 0 aromatic carbocycles. The molecule has 2 rings (SSSR count). The highest BCUT2D eigenvalue weighted by molar-refractivity contribution is 5.79. The van der Waals surface area contributed by atoms with Gasteiger partial charge in [-0.25, -0.2) is 4.79 Å². The number of ether oxygens (including phenoxy) is 1. The maximum atomic E-state index is 12.4. The minimum Gasteiger partial charge on any atom is -0.481 e. The molecule has 120 valence electrons. The molecule has 0 aromatic heterocycles. The smallest absolute Gasteiger partial charge is 0.317 e. The average Bonchev–Trinajstić information content (AvgIpc) is 2.82. The first-order chi connectivity index (χ1) is 9.97. The minimum absolute atomic E-state index is 0.135. The molecule has 2 aliphatic heterocycles. The molecular formula is C14H25N3O4. The largest absolute Gasteiger partial charge is 0.481 e. The molecule has 3 unspecified atom stereocenters. The summed E-state index contributed by atoms with van der Waals surface area (Å²) in [5.41, 5.74) is -1.05. The Labute approximate surface area is 125 Å². The maximum Gasteiger partial charge on any atom is 0.317 e. The summed E-state index contributed by atoms with van der Waals surface area (Å²) in [5.74, 6) is -0.475. The summed E-state index contributed by atoms with van der Waals surface area (Å²) in [6.45, 7) is 4.34. The van der Waals surface area contributed by atoms with Crippen molar-refractivity contribution >= 4 is 12.0 Å². The molecule has 2 amide bonds. The number of nitrogens with zero attached hydrogens (tertiary/aromatic N) is 1. The van der Waals surface area contributed by atoms with Crippen LogP contribution in [0.3, 0.4) is 0 Å². The molecule has 0 spiro atoms. The maximum absolute atomic E-state index is 12.4. The fourth-order valence-corrected chi connectivity index (χ4v) is 3.03. The van der Waals surface area contributed by atoms with Gasteiger partial charge < -0.3 is 25.4 Å². The third-order valence-electron chi connectivity index (χ3n) is 4.54. The molecule has 7 nitrogen and oxygen atoms in total. The number of carboxylic acids is 1. The van der Waals surface area contributed by atoms with Crippen molar-refractivity contribution < 1.29 is 19.4 Å². The van der Waals surface area contributed by atoms with E-state index in [-0.39, 0.29) is 19.2 Å². The van der Waals surface area contributed by atoms with Crippen LogP contribution in [-0.4, -0.2) is 67.9 Å². The van der Waals surface area contributed by atoms with E-state index in [0.717, 1.165) is 25.9 Å². The van der Waals surface area contributed by atoms with Gasteiger partial charge in [-0.3, -0.25) is 4.79 Å². The number of rotatable bonds is 4. The van der Waals surface area contributed by atoms with E-state index in [1.54, 1.807) is 11.8 Å². The fraction of sp³-hybridized carbons (Fsp3) is 0.857. The molecule has 2 heterocycles. The summed E-state index contributed by atoms with van der Waals surface area (Å²) in [6, 6.07) is -0.661.